The molecular formula is C21H43ClO2. The van der Waals surface area contributed by atoms with Crippen molar-refractivity contribution in [2.45, 2.75) is 128 Å². The molecule has 0 amide bonds. The number of rotatable bonds is 19. The van der Waals surface area contributed by atoms with E-state index in [-0.39, 0.29) is 6.42 Å². The van der Waals surface area contributed by atoms with E-state index in [0.717, 1.165) is 12.8 Å². The Balaban J connectivity index is 3.10. The Kier molecular flexibility index (Phi) is 18.2. The third-order valence-electron chi connectivity index (χ3n) is 4.93. The number of alkyl halides is 1. The minimum Gasteiger partial charge on any atom is -0.366 e. The van der Waals surface area contributed by atoms with E-state index < -0.39 is 5.79 Å². The van der Waals surface area contributed by atoms with Crippen molar-refractivity contribution in [1.82, 2.24) is 0 Å². The molecule has 0 aliphatic carbocycles. The summed E-state index contributed by atoms with van der Waals surface area (Å²) in [4.78, 5) is 0. The predicted octanol–water partition coefficient (Wildman–Crippen LogP) is 6.95. The molecule has 0 aromatic rings. The van der Waals surface area contributed by atoms with Gasteiger partial charge in [0.2, 0.25) is 0 Å². The summed E-state index contributed by atoms with van der Waals surface area (Å²) in [6.45, 7) is 2.28. The minimum atomic E-state index is -1.54. The fourth-order valence-corrected chi connectivity index (χ4v) is 3.54. The molecule has 0 heterocycles. The Labute approximate surface area is 156 Å². The second kappa shape index (κ2) is 18.0. The highest BCUT2D eigenvalue weighted by Crippen LogP contribution is 2.18. The van der Waals surface area contributed by atoms with Crippen LogP contribution in [-0.4, -0.2) is 21.9 Å². The molecule has 0 radical (unpaired) electrons. The van der Waals surface area contributed by atoms with Crippen molar-refractivity contribution in [1.29, 1.82) is 0 Å². The van der Waals surface area contributed by atoms with Crippen LogP contribution in [-0.2, 0) is 0 Å². The third kappa shape index (κ3) is 18.5. The van der Waals surface area contributed by atoms with E-state index in [2.05, 4.69) is 6.92 Å². The molecule has 2 N–H and O–H groups in total. The summed E-state index contributed by atoms with van der Waals surface area (Å²) in [6.07, 6.45) is 22.1. The van der Waals surface area contributed by atoms with Crippen LogP contribution in [0.15, 0.2) is 0 Å². The van der Waals surface area contributed by atoms with Crippen molar-refractivity contribution in [3.8, 4) is 0 Å². The second-order valence-electron chi connectivity index (χ2n) is 7.47. The van der Waals surface area contributed by atoms with Crippen molar-refractivity contribution in [2.24, 2.45) is 0 Å². The van der Waals surface area contributed by atoms with E-state index in [9.17, 15) is 10.2 Å². The van der Waals surface area contributed by atoms with E-state index in [1.807, 2.05) is 0 Å². The van der Waals surface area contributed by atoms with E-state index in [4.69, 9.17) is 11.6 Å². The lowest BCUT2D eigenvalue weighted by Gasteiger charge is -2.20. The maximum absolute atomic E-state index is 9.60. The molecule has 0 unspecified atom stereocenters. The molecule has 0 aromatic carbocycles. The summed E-state index contributed by atoms with van der Waals surface area (Å²) in [7, 11) is 0. The summed E-state index contributed by atoms with van der Waals surface area (Å²) >= 11 is 5.54. The van der Waals surface area contributed by atoms with Crippen LogP contribution in [0.5, 0.6) is 0 Å². The predicted molar refractivity (Wildman–Crippen MR) is 107 cm³/mol. The number of halogens is 1. The largest absolute Gasteiger partial charge is 0.366 e. The summed E-state index contributed by atoms with van der Waals surface area (Å²) in [6, 6.07) is 0. The zero-order chi connectivity index (χ0) is 17.9. The molecule has 3 heteroatoms. The molecule has 0 aliphatic rings. The van der Waals surface area contributed by atoms with Gasteiger partial charge in [-0.2, -0.15) is 0 Å². The van der Waals surface area contributed by atoms with Gasteiger partial charge in [0.05, 0.1) is 0 Å². The quantitative estimate of drug-likeness (QED) is 0.148. The summed E-state index contributed by atoms with van der Waals surface area (Å²) in [5.41, 5.74) is 0. The van der Waals surface area contributed by atoms with Gasteiger partial charge in [0.25, 0.3) is 0 Å². The van der Waals surface area contributed by atoms with E-state index in [1.165, 1.54) is 89.9 Å². The fraction of sp³-hybridized carbons (Fsp3) is 1.00. The Morgan fingerprint density at radius 2 is 0.875 bits per heavy atom. The Bertz CT molecular complexity index is 244. The number of unbranched alkanes of at least 4 members (excludes halogenated alkanes) is 15. The van der Waals surface area contributed by atoms with Crippen LogP contribution in [0.3, 0.4) is 0 Å². The van der Waals surface area contributed by atoms with Gasteiger partial charge >= 0.3 is 0 Å². The molecule has 24 heavy (non-hydrogen) atoms. The molecule has 0 aromatic heterocycles. The van der Waals surface area contributed by atoms with Gasteiger partial charge in [-0.05, 0) is 6.42 Å². The van der Waals surface area contributed by atoms with Crippen molar-refractivity contribution in [3.63, 3.8) is 0 Å². The Morgan fingerprint density at radius 1 is 0.542 bits per heavy atom. The van der Waals surface area contributed by atoms with E-state index >= 15 is 0 Å². The van der Waals surface area contributed by atoms with Crippen LogP contribution in [0.2, 0.25) is 0 Å². The van der Waals surface area contributed by atoms with Gasteiger partial charge in [0.15, 0.2) is 5.79 Å². The van der Waals surface area contributed by atoms with Crippen LogP contribution >= 0.6 is 11.6 Å². The molecule has 0 spiro atoms. The van der Waals surface area contributed by atoms with Gasteiger partial charge in [-0.1, -0.05) is 103 Å². The highest BCUT2D eigenvalue weighted by molar-refractivity contribution is 6.17. The highest BCUT2D eigenvalue weighted by Gasteiger charge is 2.20. The SMILES string of the molecule is CCCCCCCCCCCCCCCCCCC(O)(O)CCCl. The monoisotopic (exact) mass is 362 g/mol. The van der Waals surface area contributed by atoms with E-state index in [1.54, 1.807) is 0 Å². The van der Waals surface area contributed by atoms with Gasteiger partial charge in [-0.15, -0.1) is 11.6 Å². The molecule has 0 aliphatic heterocycles. The van der Waals surface area contributed by atoms with Gasteiger partial charge < -0.3 is 10.2 Å². The van der Waals surface area contributed by atoms with Crippen LogP contribution in [0.4, 0.5) is 0 Å². The van der Waals surface area contributed by atoms with Crippen LogP contribution in [0.1, 0.15) is 122 Å². The van der Waals surface area contributed by atoms with Gasteiger partial charge in [0.1, 0.15) is 0 Å². The Hall–Kier alpha value is 0.210. The molecule has 146 valence electrons. The number of hydrogen-bond donors (Lipinski definition) is 2. The molecular weight excluding hydrogens is 320 g/mol. The molecule has 0 bridgehead atoms. The highest BCUT2D eigenvalue weighted by atomic mass is 35.5. The van der Waals surface area contributed by atoms with Gasteiger partial charge in [0, 0.05) is 18.7 Å². The average molecular weight is 363 g/mol. The maximum Gasteiger partial charge on any atom is 0.163 e. The molecule has 2 nitrogen and oxygen atoms in total. The molecule has 0 atom stereocenters. The zero-order valence-corrected chi connectivity index (χ0v) is 17.0. The molecule has 0 rings (SSSR count). The van der Waals surface area contributed by atoms with Crippen molar-refractivity contribution in [2.75, 3.05) is 5.88 Å². The summed E-state index contributed by atoms with van der Waals surface area (Å²) in [5, 5.41) is 19.2. The van der Waals surface area contributed by atoms with Crippen molar-refractivity contribution in [3.05, 3.63) is 0 Å². The zero-order valence-electron chi connectivity index (χ0n) is 16.2. The molecule has 0 fully saturated rings. The van der Waals surface area contributed by atoms with Gasteiger partial charge in [-0.3, -0.25) is 0 Å². The smallest absolute Gasteiger partial charge is 0.163 e. The lowest BCUT2D eigenvalue weighted by Crippen LogP contribution is -2.28. The fourth-order valence-electron chi connectivity index (χ4n) is 3.23. The van der Waals surface area contributed by atoms with Gasteiger partial charge in [-0.25, -0.2) is 0 Å². The van der Waals surface area contributed by atoms with Crippen LogP contribution in [0, 0.1) is 0 Å². The first-order valence-corrected chi connectivity index (χ1v) is 11.2. The summed E-state index contributed by atoms with van der Waals surface area (Å²) < 4.78 is 0. The topological polar surface area (TPSA) is 40.5 Å². The first-order valence-electron chi connectivity index (χ1n) is 10.6. The van der Waals surface area contributed by atoms with E-state index in [0.29, 0.717) is 12.3 Å². The summed E-state index contributed by atoms with van der Waals surface area (Å²) in [5.74, 6) is -1.23. The van der Waals surface area contributed by atoms with Crippen LogP contribution < -0.4 is 0 Å². The molecule has 0 saturated heterocycles. The number of hydrogen-bond acceptors (Lipinski definition) is 2. The number of aliphatic hydroxyl groups is 2. The van der Waals surface area contributed by atoms with Crippen LogP contribution in [0.25, 0.3) is 0 Å². The Morgan fingerprint density at radius 3 is 1.21 bits per heavy atom. The lowest BCUT2D eigenvalue weighted by molar-refractivity contribution is -0.167. The standard InChI is InChI=1S/C21H43ClO2/c1-2-3-4-5-6-7-8-9-10-11-12-13-14-15-16-17-18-21(23,24)19-20-22/h23-24H,2-20H2,1H3. The average Bonchev–Trinajstić information content (AvgIpc) is 2.54. The first kappa shape index (κ1) is 24.2. The van der Waals surface area contributed by atoms with Crippen molar-refractivity contribution < 1.29 is 10.2 Å². The maximum atomic E-state index is 9.60. The normalized spacial score (nSPS) is 12.0. The third-order valence-corrected chi connectivity index (χ3v) is 5.11. The minimum absolute atomic E-state index is 0.271. The molecule has 0 saturated carbocycles. The second-order valence-corrected chi connectivity index (χ2v) is 7.85. The lowest BCUT2D eigenvalue weighted by atomic mass is 10.0. The first-order chi connectivity index (χ1) is 11.6. The van der Waals surface area contributed by atoms with Crippen molar-refractivity contribution >= 4 is 11.6 Å².